The number of piperazine rings is 1. The van der Waals surface area contributed by atoms with Crippen LogP contribution in [0.15, 0.2) is 60.9 Å². The molecule has 28 heavy (non-hydrogen) atoms. The third-order valence-corrected chi connectivity index (χ3v) is 4.97. The number of hydrogen-bond donors (Lipinski definition) is 1. The monoisotopic (exact) mass is 374 g/mol. The van der Waals surface area contributed by atoms with Crippen LogP contribution in [0.1, 0.15) is 16.8 Å². The molecule has 1 N–H and O–H groups in total. The molecule has 6 nitrogen and oxygen atoms in total. The predicted octanol–water partition coefficient (Wildman–Crippen LogP) is 3.11. The molecular formula is C22H26N6. The Balaban J connectivity index is 1.36. The van der Waals surface area contributed by atoms with Crippen LogP contribution in [0.3, 0.4) is 0 Å². The van der Waals surface area contributed by atoms with Gasteiger partial charge in [-0.3, -0.25) is 9.88 Å². The van der Waals surface area contributed by atoms with E-state index < -0.39 is 0 Å². The second-order valence-electron chi connectivity index (χ2n) is 7.15. The van der Waals surface area contributed by atoms with Gasteiger partial charge in [-0.25, -0.2) is 4.98 Å². The summed E-state index contributed by atoms with van der Waals surface area (Å²) >= 11 is 0. The van der Waals surface area contributed by atoms with E-state index in [0.29, 0.717) is 0 Å². The van der Waals surface area contributed by atoms with Crippen LogP contribution in [0.5, 0.6) is 0 Å². The molecule has 0 saturated carbocycles. The molecule has 1 fully saturated rings. The van der Waals surface area contributed by atoms with E-state index in [1.54, 1.807) is 0 Å². The molecule has 1 saturated heterocycles. The zero-order valence-corrected chi connectivity index (χ0v) is 16.3. The van der Waals surface area contributed by atoms with Crippen molar-refractivity contribution in [1.29, 1.82) is 0 Å². The van der Waals surface area contributed by atoms with Gasteiger partial charge in [0, 0.05) is 63.4 Å². The van der Waals surface area contributed by atoms with Crippen LogP contribution >= 0.6 is 0 Å². The second-order valence-corrected chi connectivity index (χ2v) is 7.15. The Hall–Kier alpha value is -2.99. The van der Waals surface area contributed by atoms with Gasteiger partial charge in [0.2, 0.25) is 5.95 Å². The molecule has 1 aliphatic heterocycles. The summed E-state index contributed by atoms with van der Waals surface area (Å²) in [4.78, 5) is 18.3. The fourth-order valence-electron chi connectivity index (χ4n) is 3.43. The molecule has 2 aromatic heterocycles. The molecule has 144 valence electrons. The van der Waals surface area contributed by atoms with Crippen LogP contribution in [-0.2, 0) is 13.1 Å². The Kier molecular flexibility index (Phi) is 5.77. The standard InChI is InChI=1S/C22H26N6/c1-18-15-21(24-16-19-7-9-23-10-8-19)26-22(25-18)28-13-11-27(12-14-28)17-20-5-3-2-4-6-20/h2-10,15H,11-14,16-17H2,1H3,(H,24,25,26). The number of nitrogens with zero attached hydrogens (tertiary/aromatic N) is 5. The minimum atomic E-state index is 0.725. The first kappa shape index (κ1) is 18.4. The van der Waals surface area contributed by atoms with Gasteiger partial charge in [0.1, 0.15) is 5.82 Å². The summed E-state index contributed by atoms with van der Waals surface area (Å²) in [5, 5.41) is 3.41. The van der Waals surface area contributed by atoms with E-state index in [1.165, 1.54) is 11.1 Å². The zero-order chi connectivity index (χ0) is 19.2. The fourth-order valence-corrected chi connectivity index (χ4v) is 3.43. The average Bonchev–Trinajstić information content (AvgIpc) is 2.74. The average molecular weight is 374 g/mol. The van der Waals surface area contributed by atoms with Crippen LogP contribution in [0.4, 0.5) is 11.8 Å². The molecule has 0 amide bonds. The number of rotatable bonds is 6. The molecule has 0 unspecified atom stereocenters. The summed E-state index contributed by atoms with van der Waals surface area (Å²) in [5.41, 5.74) is 3.53. The SMILES string of the molecule is Cc1cc(NCc2ccncc2)nc(N2CCN(Cc3ccccc3)CC2)n1. The highest BCUT2D eigenvalue weighted by Gasteiger charge is 2.19. The molecule has 3 heterocycles. The molecule has 0 aliphatic carbocycles. The predicted molar refractivity (Wildman–Crippen MR) is 112 cm³/mol. The third-order valence-electron chi connectivity index (χ3n) is 4.97. The first-order chi connectivity index (χ1) is 13.8. The molecule has 1 aliphatic rings. The van der Waals surface area contributed by atoms with E-state index >= 15 is 0 Å². The summed E-state index contributed by atoms with van der Waals surface area (Å²) in [6.45, 7) is 7.68. The Morgan fingerprint density at radius 3 is 2.39 bits per heavy atom. The first-order valence-corrected chi connectivity index (χ1v) is 9.76. The molecule has 3 aromatic rings. The van der Waals surface area contributed by atoms with E-state index in [9.17, 15) is 0 Å². The van der Waals surface area contributed by atoms with Crippen LogP contribution in [0.2, 0.25) is 0 Å². The van der Waals surface area contributed by atoms with E-state index in [2.05, 4.69) is 55.4 Å². The number of hydrogen-bond acceptors (Lipinski definition) is 6. The quantitative estimate of drug-likeness (QED) is 0.715. The number of aromatic nitrogens is 3. The maximum absolute atomic E-state index is 4.75. The smallest absolute Gasteiger partial charge is 0.227 e. The van der Waals surface area contributed by atoms with Gasteiger partial charge in [0.25, 0.3) is 0 Å². The number of aryl methyl sites for hydroxylation is 1. The lowest BCUT2D eigenvalue weighted by molar-refractivity contribution is 0.248. The molecule has 0 atom stereocenters. The summed E-state index contributed by atoms with van der Waals surface area (Å²) < 4.78 is 0. The van der Waals surface area contributed by atoms with Crippen molar-refractivity contribution in [3.8, 4) is 0 Å². The zero-order valence-electron chi connectivity index (χ0n) is 16.3. The summed E-state index contributed by atoms with van der Waals surface area (Å²) in [6.07, 6.45) is 3.62. The van der Waals surface area contributed by atoms with Crippen molar-refractivity contribution in [2.75, 3.05) is 36.4 Å². The van der Waals surface area contributed by atoms with Gasteiger partial charge in [0.05, 0.1) is 0 Å². The number of nitrogens with one attached hydrogen (secondary N) is 1. The fraction of sp³-hybridized carbons (Fsp3) is 0.318. The van der Waals surface area contributed by atoms with Crippen molar-refractivity contribution < 1.29 is 0 Å². The van der Waals surface area contributed by atoms with Gasteiger partial charge in [-0.05, 0) is 30.2 Å². The van der Waals surface area contributed by atoms with Crippen molar-refractivity contribution in [1.82, 2.24) is 19.9 Å². The lowest BCUT2D eigenvalue weighted by Gasteiger charge is -2.35. The lowest BCUT2D eigenvalue weighted by Crippen LogP contribution is -2.46. The molecule has 6 heteroatoms. The number of benzene rings is 1. The third kappa shape index (κ3) is 4.84. The molecular weight excluding hydrogens is 348 g/mol. The highest BCUT2D eigenvalue weighted by atomic mass is 15.3. The Labute approximate surface area is 166 Å². The topological polar surface area (TPSA) is 57.2 Å². The van der Waals surface area contributed by atoms with Gasteiger partial charge in [-0.1, -0.05) is 30.3 Å². The lowest BCUT2D eigenvalue weighted by atomic mass is 10.2. The second kappa shape index (κ2) is 8.80. The van der Waals surface area contributed by atoms with Gasteiger partial charge >= 0.3 is 0 Å². The molecule has 0 spiro atoms. The van der Waals surface area contributed by atoms with Crippen LogP contribution < -0.4 is 10.2 Å². The van der Waals surface area contributed by atoms with Crippen molar-refractivity contribution in [2.24, 2.45) is 0 Å². The van der Waals surface area contributed by atoms with Crippen molar-refractivity contribution in [2.45, 2.75) is 20.0 Å². The minimum Gasteiger partial charge on any atom is -0.366 e. The van der Waals surface area contributed by atoms with Gasteiger partial charge in [0.15, 0.2) is 0 Å². The van der Waals surface area contributed by atoms with Gasteiger partial charge in [-0.15, -0.1) is 0 Å². The number of anilines is 2. The van der Waals surface area contributed by atoms with E-state index in [-0.39, 0.29) is 0 Å². The highest BCUT2D eigenvalue weighted by molar-refractivity contribution is 5.44. The summed E-state index contributed by atoms with van der Waals surface area (Å²) in [6, 6.07) is 16.7. The Morgan fingerprint density at radius 1 is 0.893 bits per heavy atom. The van der Waals surface area contributed by atoms with Crippen molar-refractivity contribution in [3.05, 3.63) is 77.7 Å². The van der Waals surface area contributed by atoms with E-state index in [4.69, 9.17) is 4.98 Å². The number of pyridine rings is 1. The molecule has 4 rings (SSSR count). The van der Waals surface area contributed by atoms with Crippen LogP contribution in [0.25, 0.3) is 0 Å². The van der Waals surface area contributed by atoms with Crippen LogP contribution in [-0.4, -0.2) is 46.0 Å². The maximum atomic E-state index is 4.75. The van der Waals surface area contributed by atoms with Crippen molar-refractivity contribution >= 4 is 11.8 Å². The van der Waals surface area contributed by atoms with Crippen molar-refractivity contribution in [3.63, 3.8) is 0 Å². The first-order valence-electron chi connectivity index (χ1n) is 9.76. The minimum absolute atomic E-state index is 0.725. The summed E-state index contributed by atoms with van der Waals surface area (Å²) in [7, 11) is 0. The van der Waals surface area contributed by atoms with Crippen LogP contribution in [0, 0.1) is 6.92 Å². The normalized spacial score (nSPS) is 14.8. The van der Waals surface area contributed by atoms with Gasteiger partial charge < -0.3 is 10.2 Å². The van der Waals surface area contributed by atoms with E-state index in [1.807, 2.05) is 37.5 Å². The largest absolute Gasteiger partial charge is 0.366 e. The van der Waals surface area contributed by atoms with E-state index in [0.717, 1.165) is 56.7 Å². The Bertz CT molecular complexity index is 876. The van der Waals surface area contributed by atoms with Gasteiger partial charge in [-0.2, -0.15) is 4.98 Å². The summed E-state index contributed by atoms with van der Waals surface area (Å²) in [5.74, 6) is 1.68. The molecule has 1 aromatic carbocycles. The maximum Gasteiger partial charge on any atom is 0.227 e. The highest BCUT2D eigenvalue weighted by Crippen LogP contribution is 2.17. The Morgan fingerprint density at radius 2 is 1.64 bits per heavy atom. The molecule has 0 bridgehead atoms. The molecule has 0 radical (unpaired) electrons.